The summed E-state index contributed by atoms with van der Waals surface area (Å²) in [6.45, 7) is 7.93. The molecule has 0 N–H and O–H groups in total. The quantitative estimate of drug-likeness (QED) is 0.653. The van der Waals surface area contributed by atoms with Crippen molar-refractivity contribution >= 4 is 6.29 Å². The van der Waals surface area contributed by atoms with E-state index in [4.69, 9.17) is 9.47 Å². The van der Waals surface area contributed by atoms with Gasteiger partial charge in [0.25, 0.3) is 0 Å². The predicted octanol–water partition coefficient (Wildman–Crippen LogP) is 2.29. The molecular formula is C11H20O3. The molecule has 1 heterocycles. The summed E-state index contributed by atoms with van der Waals surface area (Å²) in [6.07, 6.45) is 3.17. The van der Waals surface area contributed by atoms with Crippen molar-refractivity contribution in [3.63, 3.8) is 0 Å². The molecule has 3 heteroatoms. The molecule has 0 aliphatic carbocycles. The van der Waals surface area contributed by atoms with Gasteiger partial charge in [-0.3, -0.25) is 0 Å². The molecule has 1 saturated heterocycles. The molecule has 0 bridgehead atoms. The van der Waals surface area contributed by atoms with E-state index in [0.717, 1.165) is 19.1 Å². The fourth-order valence-electron chi connectivity index (χ4n) is 2.22. The normalized spacial score (nSPS) is 35.9. The Labute approximate surface area is 85.8 Å². The number of carbonyl (C=O) groups is 1. The minimum atomic E-state index is -0.516. The van der Waals surface area contributed by atoms with E-state index in [-0.39, 0.29) is 11.7 Å². The molecule has 0 saturated carbocycles. The summed E-state index contributed by atoms with van der Waals surface area (Å²) in [5, 5.41) is 0. The minimum absolute atomic E-state index is 0.0578. The molecule has 3 nitrogen and oxygen atoms in total. The van der Waals surface area contributed by atoms with E-state index >= 15 is 0 Å². The molecule has 0 spiro atoms. The van der Waals surface area contributed by atoms with Crippen LogP contribution in [-0.4, -0.2) is 23.8 Å². The molecule has 0 aromatic heterocycles. The Morgan fingerprint density at radius 2 is 2.07 bits per heavy atom. The Hall–Kier alpha value is -0.410. The summed E-state index contributed by atoms with van der Waals surface area (Å²) < 4.78 is 11.6. The number of ether oxygens (including phenoxy) is 2. The Kier molecular flexibility index (Phi) is 3.32. The van der Waals surface area contributed by atoms with E-state index in [1.165, 1.54) is 0 Å². The van der Waals surface area contributed by atoms with Crippen molar-refractivity contribution in [1.29, 1.82) is 0 Å². The van der Waals surface area contributed by atoms with Gasteiger partial charge in [-0.25, -0.2) is 0 Å². The SMILES string of the molecule is CC[C@@]1(CCC=O)OC(C)(C)O[C@@H]1C. The fraction of sp³-hybridized carbons (Fsp3) is 0.909. The number of carbonyl (C=O) groups excluding carboxylic acids is 1. The maximum Gasteiger partial charge on any atom is 0.164 e. The van der Waals surface area contributed by atoms with Crippen LogP contribution in [0.1, 0.15) is 47.0 Å². The summed E-state index contributed by atoms with van der Waals surface area (Å²) >= 11 is 0. The standard InChI is InChI=1S/C11H20O3/c1-5-11(7-6-8-12)9(2)13-10(3,4)14-11/h8-9H,5-7H2,1-4H3/t9-,11+/m1/s1. The molecule has 14 heavy (non-hydrogen) atoms. The second-order valence-electron chi connectivity index (χ2n) is 4.39. The van der Waals surface area contributed by atoms with Gasteiger partial charge in [-0.05, 0) is 33.6 Å². The fourth-order valence-corrected chi connectivity index (χ4v) is 2.22. The van der Waals surface area contributed by atoms with Crippen LogP contribution in [-0.2, 0) is 14.3 Å². The van der Waals surface area contributed by atoms with E-state index in [1.807, 2.05) is 20.8 Å². The lowest BCUT2D eigenvalue weighted by atomic mass is 9.90. The lowest BCUT2D eigenvalue weighted by molar-refractivity contribution is -0.165. The largest absolute Gasteiger partial charge is 0.345 e. The van der Waals surface area contributed by atoms with E-state index < -0.39 is 5.79 Å². The first-order valence-electron chi connectivity index (χ1n) is 5.27. The smallest absolute Gasteiger partial charge is 0.164 e. The number of hydrogen-bond donors (Lipinski definition) is 0. The second kappa shape index (κ2) is 3.99. The van der Waals surface area contributed by atoms with Crippen molar-refractivity contribution in [3.8, 4) is 0 Å². The van der Waals surface area contributed by atoms with Gasteiger partial charge in [-0.1, -0.05) is 6.92 Å². The highest BCUT2D eigenvalue weighted by Crippen LogP contribution is 2.41. The molecule has 1 fully saturated rings. The van der Waals surface area contributed by atoms with Gasteiger partial charge in [0.1, 0.15) is 6.29 Å². The molecule has 0 radical (unpaired) electrons. The van der Waals surface area contributed by atoms with E-state index in [2.05, 4.69) is 6.92 Å². The third kappa shape index (κ3) is 2.15. The molecule has 1 aliphatic heterocycles. The summed E-state index contributed by atoms with van der Waals surface area (Å²) in [4.78, 5) is 10.4. The maximum atomic E-state index is 10.4. The number of hydrogen-bond acceptors (Lipinski definition) is 3. The van der Waals surface area contributed by atoms with Gasteiger partial charge in [0.15, 0.2) is 5.79 Å². The molecule has 1 rings (SSSR count). The minimum Gasteiger partial charge on any atom is -0.345 e. The van der Waals surface area contributed by atoms with Gasteiger partial charge in [0.2, 0.25) is 0 Å². The summed E-state index contributed by atoms with van der Waals surface area (Å²) in [7, 11) is 0. The van der Waals surface area contributed by atoms with Crippen LogP contribution in [0.5, 0.6) is 0 Å². The molecule has 0 amide bonds. The summed E-state index contributed by atoms with van der Waals surface area (Å²) in [6, 6.07) is 0. The third-order valence-electron chi connectivity index (χ3n) is 2.93. The van der Waals surface area contributed by atoms with Gasteiger partial charge in [0.05, 0.1) is 11.7 Å². The number of rotatable bonds is 4. The van der Waals surface area contributed by atoms with Crippen LogP contribution in [0.4, 0.5) is 0 Å². The maximum absolute atomic E-state index is 10.4. The number of aldehydes is 1. The molecule has 82 valence electrons. The van der Waals surface area contributed by atoms with E-state index in [1.54, 1.807) is 0 Å². The Bertz CT molecular complexity index is 213. The molecule has 0 unspecified atom stereocenters. The third-order valence-corrected chi connectivity index (χ3v) is 2.93. The van der Waals surface area contributed by atoms with Gasteiger partial charge >= 0.3 is 0 Å². The van der Waals surface area contributed by atoms with Crippen molar-refractivity contribution in [2.75, 3.05) is 0 Å². The van der Waals surface area contributed by atoms with Gasteiger partial charge in [0, 0.05) is 6.42 Å². The van der Waals surface area contributed by atoms with Crippen LogP contribution in [0, 0.1) is 0 Å². The first-order chi connectivity index (χ1) is 6.46. The molecular weight excluding hydrogens is 180 g/mol. The van der Waals surface area contributed by atoms with E-state index in [0.29, 0.717) is 6.42 Å². The Morgan fingerprint density at radius 1 is 1.43 bits per heavy atom. The van der Waals surface area contributed by atoms with Crippen molar-refractivity contribution in [3.05, 3.63) is 0 Å². The van der Waals surface area contributed by atoms with Crippen LogP contribution >= 0.6 is 0 Å². The highest BCUT2D eigenvalue weighted by molar-refractivity contribution is 5.49. The van der Waals surface area contributed by atoms with Crippen LogP contribution in [0.3, 0.4) is 0 Å². The zero-order chi connectivity index (χ0) is 10.8. The average molecular weight is 200 g/mol. The van der Waals surface area contributed by atoms with Crippen LogP contribution in [0.2, 0.25) is 0 Å². The summed E-state index contributed by atoms with van der Waals surface area (Å²) in [5.41, 5.74) is -0.273. The van der Waals surface area contributed by atoms with Crippen LogP contribution in [0.15, 0.2) is 0 Å². The average Bonchev–Trinajstić information content (AvgIpc) is 2.33. The van der Waals surface area contributed by atoms with Crippen molar-refractivity contribution in [1.82, 2.24) is 0 Å². The lowest BCUT2D eigenvalue weighted by Gasteiger charge is -2.30. The molecule has 0 aromatic carbocycles. The Balaban J connectivity index is 2.73. The van der Waals surface area contributed by atoms with Crippen LogP contribution in [0.25, 0.3) is 0 Å². The Morgan fingerprint density at radius 3 is 2.43 bits per heavy atom. The topological polar surface area (TPSA) is 35.5 Å². The monoisotopic (exact) mass is 200 g/mol. The van der Waals surface area contributed by atoms with Crippen molar-refractivity contribution in [2.24, 2.45) is 0 Å². The summed E-state index contributed by atoms with van der Waals surface area (Å²) in [5.74, 6) is -0.516. The first-order valence-corrected chi connectivity index (χ1v) is 5.27. The predicted molar refractivity (Wildman–Crippen MR) is 54.0 cm³/mol. The first kappa shape index (κ1) is 11.7. The second-order valence-corrected chi connectivity index (χ2v) is 4.39. The van der Waals surface area contributed by atoms with Crippen LogP contribution < -0.4 is 0 Å². The van der Waals surface area contributed by atoms with Crippen molar-refractivity contribution < 1.29 is 14.3 Å². The van der Waals surface area contributed by atoms with Gasteiger partial charge < -0.3 is 14.3 Å². The van der Waals surface area contributed by atoms with E-state index in [9.17, 15) is 4.79 Å². The van der Waals surface area contributed by atoms with Gasteiger partial charge in [-0.15, -0.1) is 0 Å². The highest BCUT2D eigenvalue weighted by Gasteiger charge is 2.49. The van der Waals surface area contributed by atoms with Crippen molar-refractivity contribution in [2.45, 2.75) is 64.4 Å². The van der Waals surface area contributed by atoms with Gasteiger partial charge in [-0.2, -0.15) is 0 Å². The lowest BCUT2D eigenvalue weighted by Crippen LogP contribution is -2.38. The zero-order valence-corrected chi connectivity index (χ0v) is 9.50. The zero-order valence-electron chi connectivity index (χ0n) is 9.50. The molecule has 2 atom stereocenters. The molecule has 0 aromatic rings. The highest BCUT2D eigenvalue weighted by atomic mass is 16.8. The molecule has 1 aliphatic rings.